The first-order chi connectivity index (χ1) is 12.3. The summed E-state index contributed by atoms with van der Waals surface area (Å²) >= 11 is 11.0. The fraction of sp³-hybridized carbons (Fsp3) is 0.375. The molecule has 0 aliphatic carbocycles. The largest absolute Gasteiger partial charge is 0.478 e. The predicted molar refractivity (Wildman–Crippen MR) is 91.6 cm³/mol. The van der Waals surface area contributed by atoms with E-state index in [0.29, 0.717) is 12.8 Å². The van der Waals surface area contributed by atoms with Gasteiger partial charge in [-0.2, -0.15) is 0 Å². The lowest BCUT2D eigenvalue weighted by Gasteiger charge is -2.12. The minimum absolute atomic E-state index is 0.0494. The fourth-order valence-electron chi connectivity index (χ4n) is 1.89. The van der Waals surface area contributed by atoms with E-state index >= 15 is 0 Å². The summed E-state index contributed by atoms with van der Waals surface area (Å²) in [5, 5.41) is 18.3. The van der Waals surface area contributed by atoms with Crippen LogP contribution in [-0.4, -0.2) is 59.1 Å². The Bertz CT molecular complexity index is 643. The van der Waals surface area contributed by atoms with Crippen molar-refractivity contribution in [3.63, 3.8) is 0 Å². The summed E-state index contributed by atoms with van der Waals surface area (Å²) < 4.78 is 9.85. The molecule has 0 unspecified atom stereocenters. The smallest absolute Gasteiger partial charge is 0.339 e. The fourth-order valence-corrected chi connectivity index (χ4v) is 2.10. The molecule has 2 N–H and O–H groups in total. The minimum Gasteiger partial charge on any atom is -0.478 e. The quantitative estimate of drug-likeness (QED) is 0.344. The first-order valence-electron chi connectivity index (χ1n) is 7.44. The molecule has 0 heterocycles. The highest BCUT2D eigenvalue weighted by Crippen LogP contribution is 2.20. The van der Waals surface area contributed by atoms with Gasteiger partial charge in [0.15, 0.2) is 0 Å². The second-order valence-corrected chi connectivity index (χ2v) is 5.67. The van der Waals surface area contributed by atoms with E-state index in [2.05, 4.69) is 0 Å². The number of carbonyl (C=O) groups is 4. The number of carbonyl (C=O) groups excluding carboxylic acids is 2. The Morgan fingerprint density at radius 2 is 1.08 bits per heavy atom. The Balaban J connectivity index is 3.34. The first kappa shape index (κ1) is 21.7. The van der Waals surface area contributed by atoms with E-state index in [4.69, 9.17) is 32.7 Å². The van der Waals surface area contributed by atoms with E-state index in [9.17, 15) is 29.4 Å². The SMILES string of the molecule is O=C(O)c1cc(C(=O)OCCCCl)c(C(=O)OCCCCl)cc1C(=O)O. The van der Waals surface area contributed by atoms with Gasteiger partial charge in [0.2, 0.25) is 0 Å². The summed E-state index contributed by atoms with van der Waals surface area (Å²) in [5.41, 5.74) is -2.12. The molecule has 0 atom stereocenters. The van der Waals surface area contributed by atoms with Crippen LogP contribution in [0.4, 0.5) is 0 Å². The highest BCUT2D eigenvalue weighted by atomic mass is 35.5. The molecule has 1 aromatic rings. The van der Waals surface area contributed by atoms with Crippen molar-refractivity contribution >= 4 is 47.1 Å². The molecule has 8 nitrogen and oxygen atoms in total. The summed E-state index contributed by atoms with van der Waals surface area (Å²) in [6.45, 7) is -0.0989. The summed E-state index contributed by atoms with van der Waals surface area (Å²) in [4.78, 5) is 47.0. The Hall–Kier alpha value is -2.32. The maximum absolute atomic E-state index is 12.2. The molecular weight excluding hydrogens is 391 g/mol. The van der Waals surface area contributed by atoms with Gasteiger partial charge in [0.05, 0.1) is 35.5 Å². The normalized spacial score (nSPS) is 10.2. The first-order valence-corrected chi connectivity index (χ1v) is 8.51. The van der Waals surface area contributed by atoms with Crippen molar-refractivity contribution < 1.29 is 38.9 Å². The van der Waals surface area contributed by atoms with Crippen molar-refractivity contribution in [1.29, 1.82) is 0 Å². The summed E-state index contributed by atoms with van der Waals surface area (Å²) in [6, 6.07) is 1.57. The molecule has 1 rings (SSSR count). The van der Waals surface area contributed by atoms with E-state index < -0.39 is 46.1 Å². The number of hydrogen-bond donors (Lipinski definition) is 2. The van der Waals surface area contributed by atoms with Gasteiger partial charge in [0, 0.05) is 11.8 Å². The Labute approximate surface area is 158 Å². The van der Waals surface area contributed by atoms with E-state index in [0.717, 1.165) is 12.1 Å². The molecular formula is C16H16Cl2O8. The molecule has 0 saturated heterocycles. The number of benzene rings is 1. The maximum atomic E-state index is 12.2. The van der Waals surface area contributed by atoms with Crippen LogP contribution in [0.2, 0.25) is 0 Å². The third-order valence-corrected chi connectivity index (χ3v) is 3.62. The second-order valence-electron chi connectivity index (χ2n) is 4.91. The highest BCUT2D eigenvalue weighted by molar-refractivity contribution is 6.18. The number of esters is 2. The lowest BCUT2D eigenvalue weighted by atomic mass is 9.98. The third kappa shape index (κ3) is 5.89. The minimum atomic E-state index is -1.57. The highest BCUT2D eigenvalue weighted by Gasteiger charge is 2.27. The topological polar surface area (TPSA) is 127 Å². The summed E-state index contributed by atoms with van der Waals surface area (Å²) in [7, 11) is 0. The lowest BCUT2D eigenvalue weighted by molar-refractivity contribution is 0.0457. The molecule has 26 heavy (non-hydrogen) atoms. The van der Waals surface area contributed by atoms with Gasteiger partial charge in [0.25, 0.3) is 0 Å². The summed E-state index contributed by atoms with van der Waals surface area (Å²) in [5.74, 6) is -4.64. The second kappa shape index (κ2) is 10.6. The van der Waals surface area contributed by atoms with E-state index in [1.54, 1.807) is 0 Å². The van der Waals surface area contributed by atoms with Crippen LogP contribution < -0.4 is 0 Å². The van der Waals surface area contributed by atoms with Gasteiger partial charge >= 0.3 is 23.9 Å². The van der Waals surface area contributed by atoms with Crippen LogP contribution >= 0.6 is 23.2 Å². The number of ether oxygens (including phenoxy) is 2. The zero-order chi connectivity index (χ0) is 19.7. The van der Waals surface area contributed by atoms with Gasteiger partial charge in [-0.3, -0.25) is 0 Å². The molecule has 1 aromatic carbocycles. The number of aromatic carboxylic acids is 2. The third-order valence-electron chi connectivity index (χ3n) is 3.08. The Morgan fingerprint density at radius 3 is 1.35 bits per heavy atom. The number of rotatable bonds is 10. The van der Waals surface area contributed by atoms with Gasteiger partial charge in [-0.05, 0) is 25.0 Å². The van der Waals surface area contributed by atoms with Crippen LogP contribution in [0.5, 0.6) is 0 Å². The van der Waals surface area contributed by atoms with Gasteiger partial charge in [0.1, 0.15) is 0 Å². The van der Waals surface area contributed by atoms with E-state index in [1.165, 1.54) is 0 Å². The van der Waals surface area contributed by atoms with Crippen LogP contribution in [0.1, 0.15) is 54.3 Å². The van der Waals surface area contributed by atoms with Crippen LogP contribution in [0.25, 0.3) is 0 Å². The van der Waals surface area contributed by atoms with Crippen LogP contribution in [0, 0.1) is 0 Å². The van der Waals surface area contributed by atoms with Crippen molar-refractivity contribution in [2.75, 3.05) is 25.0 Å². The zero-order valence-electron chi connectivity index (χ0n) is 13.5. The van der Waals surface area contributed by atoms with E-state index in [-0.39, 0.29) is 25.0 Å². The molecule has 0 radical (unpaired) electrons. The van der Waals surface area contributed by atoms with Crippen molar-refractivity contribution in [1.82, 2.24) is 0 Å². The maximum Gasteiger partial charge on any atom is 0.339 e. The molecule has 10 heteroatoms. The van der Waals surface area contributed by atoms with Crippen molar-refractivity contribution in [2.45, 2.75) is 12.8 Å². The number of alkyl halides is 2. The van der Waals surface area contributed by atoms with Crippen LogP contribution in [0.3, 0.4) is 0 Å². The molecule has 0 fully saturated rings. The van der Waals surface area contributed by atoms with Crippen LogP contribution in [-0.2, 0) is 9.47 Å². The van der Waals surface area contributed by atoms with Crippen molar-refractivity contribution in [2.24, 2.45) is 0 Å². The standard InChI is InChI=1S/C16H16Cl2O8/c17-3-1-5-25-15(23)11-7-9(13(19)20)10(14(21)22)8-12(11)16(24)26-6-2-4-18/h7-8H,1-6H2,(H,19,20)(H,21,22). The number of hydrogen-bond acceptors (Lipinski definition) is 6. The number of carboxylic acid groups (broad SMARTS) is 2. The van der Waals surface area contributed by atoms with Crippen molar-refractivity contribution in [3.05, 3.63) is 34.4 Å². The number of carboxylic acids is 2. The van der Waals surface area contributed by atoms with Crippen LogP contribution in [0.15, 0.2) is 12.1 Å². The monoisotopic (exact) mass is 406 g/mol. The molecule has 0 aromatic heterocycles. The molecule has 0 aliphatic heterocycles. The average molecular weight is 407 g/mol. The molecule has 0 aliphatic rings. The van der Waals surface area contributed by atoms with E-state index in [1.807, 2.05) is 0 Å². The lowest BCUT2D eigenvalue weighted by Crippen LogP contribution is -2.19. The molecule has 142 valence electrons. The molecule has 0 amide bonds. The average Bonchev–Trinajstić information content (AvgIpc) is 2.60. The number of halogens is 2. The van der Waals surface area contributed by atoms with Gasteiger partial charge in [-0.1, -0.05) is 0 Å². The molecule has 0 spiro atoms. The van der Waals surface area contributed by atoms with Gasteiger partial charge in [-0.15, -0.1) is 23.2 Å². The van der Waals surface area contributed by atoms with Gasteiger partial charge in [-0.25, -0.2) is 19.2 Å². The Morgan fingerprint density at radius 1 is 0.731 bits per heavy atom. The van der Waals surface area contributed by atoms with Gasteiger partial charge < -0.3 is 19.7 Å². The zero-order valence-corrected chi connectivity index (χ0v) is 15.0. The predicted octanol–water partition coefficient (Wildman–Crippen LogP) is 2.65. The molecule has 0 bridgehead atoms. The molecule has 0 saturated carbocycles. The summed E-state index contributed by atoms with van der Waals surface area (Å²) in [6.07, 6.45) is 0.698. The Kier molecular flexibility index (Phi) is 8.87. The van der Waals surface area contributed by atoms with Crippen molar-refractivity contribution in [3.8, 4) is 0 Å².